The van der Waals surface area contributed by atoms with Crippen LogP contribution in [0.2, 0.25) is 0 Å². The van der Waals surface area contributed by atoms with Crippen molar-refractivity contribution in [1.82, 2.24) is 15.6 Å². The van der Waals surface area contributed by atoms with Crippen LogP contribution in [-0.4, -0.2) is 23.6 Å². The molecule has 0 spiro atoms. The number of aromatic nitrogens is 1. The first-order chi connectivity index (χ1) is 6.29. The van der Waals surface area contributed by atoms with Crippen LogP contribution in [0.4, 0.5) is 0 Å². The Balaban J connectivity index is 1.85. The van der Waals surface area contributed by atoms with E-state index in [-0.39, 0.29) is 5.54 Å². The molecule has 4 heteroatoms. The van der Waals surface area contributed by atoms with Crippen LogP contribution in [0, 0.1) is 0 Å². The lowest BCUT2D eigenvalue weighted by atomic mass is 10.0. The van der Waals surface area contributed by atoms with E-state index in [1.165, 1.54) is 6.42 Å². The Morgan fingerprint density at radius 1 is 1.77 bits per heavy atom. The molecule has 72 valence electrons. The Bertz CT molecular complexity index is 252. The monoisotopic (exact) mass is 197 g/mol. The summed E-state index contributed by atoms with van der Waals surface area (Å²) in [6.07, 6.45) is 1.21. The molecule has 1 aliphatic heterocycles. The van der Waals surface area contributed by atoms with Gasteiger partial charge in [0.25, 0.3) is 0 Å². The van der Waals surface area contributed by atoms with Crippen LogP contribution in [-0.2, 0) is 6.54 Å². The molecule has 2 heterocycles. The lowest BCUT2D eigenvalue weighted by Crippen LogP contribution is -2.43. The van der Waals surface area contributed by atoms with Gasteiger partial charge in [-0.05, 0) is 19.9 Å². The molecule has 0 saturated carbocycles. The van der Waals surface area contributed by atoms with Crippen molar-refractivity contribution in [2.75, 3.05) is 13.1 Å². The van der Waals surface area contributed by atoms with Gasteiger partial charge in [-0.1, -0.05) is 0 Å². The van der Waals surface area contributed by atoms with E-state index in [0.717, 1.165) is 25.3 Å². The van der Waals surface area contributed by atoms with E-state index in [2.05, 4.69) is 27.9 Å². The van der Waals surface area contributed by atoms with E-state index in [9.17, 15) is 0 Å². The van der Waals surface area contributed by atoms with Gasteiger partial charge in [-0.25, -0.2) is 4.98 Å². The van der Waals surface area contributed by atoms with E-state index in [1.807, 2.05) is 5.51 Å². The second-order valence-corrected chi connectivity index (χ2v) is 4.54. The van der Waals surface area contributed by atoms with Gasteiger partial charge in [0, 0.05) is 24.0 Å². The zero-order chi connectivity index (χ0) is 9.15. The number of rotatable bonds is 3. The van der Waals surface area contributed by atoms with E-state index in [1.54, 1.807) is 11.3 Å². The molecule has 0 aromatic carbocycles. The Morgan fingerprint density at radius 2 is 2.69 bits per heavy atom. The summed E-state index contributed by atoms with van der Waals surface area (Å²) in [7, 11) is 0. The van der Waals surface area contributed by atoms with E-state index < -0.39 is 0 Å². The van der Waals surface area contributed by atoms with Crippen LogP contribution in [0.25, 0.3) is 0 Å². The summed E-state index contributed by atoms with van der Waals surface area (Å²) in [6.45, 7) is 5.35. The molecule has 1 atom stereocenters. The minimum Gasteiger partial charge on any atom is -0.315 e. The molecule has 0 amide bonds. The molecule has 1 fully saturated rings. The molecular weight excluding hydrogens is 182 g/mol. The Kier molecular flexibility index (Phi) is 2.62. The summed E-state index contributed by atoms with van der Waals surface area (Å²) in [6, 6.07) is 0. The van der Waals surface area contributed by atoms with E-state index >= 15 is 0 Å². The molecule has 1 aliphatic rings. The second kappa shape index (κ2) is 3.74. The SMILES string of the molecule is CC1(NCc2cscn2)CCNC1. The normalized spacial score (nSPS) is 28.1. The standard InChI is InChI=1S/C9H15N3S/c1-9(2-3-10-6-9)12-4-8-5-13-7-11-8/h5,7,10,12H,2-4,6H2,1H3. The predicted octanol–water partition coefficient (Wildman–Crippen LogP) is 0.985. The number of thiazole rings is 1. The number of hydrogen-bond acceptors (Lipinski definition) is 4. The molecule has 0 bridgehead atoms. The van der Waals surface area contributed by atoms with Crippen molar-refractivity contribution >= 4 is 11.3 Å². The summed E-state index contributed by atoms with van der Waals surface area (Å²) in [5.74, 6) is 0. The topological polar surface area (TPSA) is 37.0 Å². The third kappa shape index (κ3) is 2.27. The van der Waals surface area contributed by atoms with Gasteiger partial charge >= 0.3 is 0 Å². The highest BCUT2D eigenvalue weighted by Crippen LogP contribution is 2.14. The average Bonchev–Trinajstić information content (AvgIpc) is 2.72. The highest BCUT2D eigenvalue weighted by Gasteiger charge is 2.27. The Morgan fingerprint density at radius 3 is 3.31 bits per heavy atom. The van der Waals surface area contributed by atoms with Crippen molar-refractivity contribution in [3.8, 4) is 0 Å². The second-order valence-electron chi connectivity index (χ2n) is 3.82. The fourth-order valence-electron chi connectivity index (χ4n) is 1.60. The van der Waals surface area contributed by atoms with Crippen molar-refractivity contribution in [3.63, 3.8) is 0 Å². The Hall–Kier alpha value is -0.450. The molecule has 1 aromatic heterocycles. The lowest BCUT2D eigenvalue weighted by Gasteiger charge is -2.23. The largest absolute Gasteiger partial charge is 0.315 e. The van der Waals surface area contributed by atoms with Crippen LogP contribution in [0.5, 0.6) is 0 Å². The molecule has 1 aromatic rings. The van der Waals surface area contributed by atoms with Crippen molar-refractivity contribution in [2.45, 2.75) is 25.4 Å². The lowest BCUT2D eigenvalue weighted by molar-refractivity contribution is 0.384. The van der Waals surface area contributed by atoms with Gasteiger partial charge in [0.2, 0.25) is 0 Å². The van der Waals surface area contributed by atoms with Crippen LogP contribution in [0.1, 0.15) is 19.0 Å². The van der Waals surface area contributed by atoms with E-state index in [0.29, 0.717) is 0 Å². The highest BCUT2D eigenvalue weighted by atomic mass is 32.1. The third-order valence-corrected chi connectivity index (χ3v) is 3.18. The van der Waals surface area contributed by atoms with Gasteiger partial charge in [0.15, 0.2) is 0 Å². The summed E-state index contributed by atoms with van der Waals surface area (Å²) in [4.78, 5) is 4.24. The molecule has 3 nitrogen and oxygen atoms in total. The van der Waals surface area contributed by atoms with Gasteiger partial charge in [-0.3, -0.25) is 0 Å². The minimum absolute atomic E-state index is 0.267. The van der Waals surface area contributed by atoms with E-state index in [4.69, 9.17) is 0 Å². The van der Waals surface area contributed by atoms with Crippen LogP contribution >= 0.6 is 11.3 Å². The van der Waals surface area contributed by atoms with Crippen molar-refractivity contribution < 1.29 is 0 Å². The van der Waals surface area contributed by atoms with Crippen molar-refractivity contribution in [2.24, 2.45) is 0 Å². The van der Waals surface area contributed by atoms with Crippen LogP contribution in [0.3, 0.4) is 0 Å². The number of hydrogen-bond donors (Lipinski definition) is 2. The quantitative estimate of drug-likeness (QED) is 0.758. The first-order valence-electron chi connectivity index (χ1n) is 4.61. The van der Waals surface area contributed by atoms with Crippen molar-refractivity contribution in [3.05, 3.63) is 16.6 Å². The molecule has 13 heavy (non-hydrogen) atoms. The molecule has 2 rings (SSSR count). The molecule has 1 saturated heterocycles. The molecule has 2 N–H and O–H groups in total. The zero-order valence-corrected chi connectivity index (χ0v) is 8.66. The predicted molar refractivity (Wildman–Crippen MR) is 54.8 cm³/mol. The van der Waals surface area contributed by atoms with Crippen LogP contribution < -0.4 is 10.6 Å². The summed E-state index contributed by atoms with van der Waals surface area (Å²) in [5, 5.41) is 9.00. The summed E-state index contributed by atoms with van der Waals surface area (Å²) < 4.78 is 0. The average molecular weight is 197 g/mol. The Labute approximate surface area is 82.6 Å². The molecule has 0 radical (unpaired) electrons. The highest BCUT2D eigenvalue weighted by molar-refractivity contribution is 7.07. The molecule has 0 aliphatic carbocycles. The number of nitrogens with one attached hydrogen (secondary N) is 2. The number of nitrogens with zero attached hydrogens (tertiary/aromatic N) is 1. The fraction of sp³-hybridized carbons (Fsp3) is 0.667. The maximum absolute atomic E-state index is 4.24. The van der Waals surface area contributed by atoms with Gasteiger partial charge in [0.1, 0.15) is 0 Å². The van der Waals surface area contributed by atoms with Crippen molar-refractivity contribution in [1.29, 1.82) is 0 Å². The van der Waals surface area contributed by atoms with Crippen LogP contribution in [0.15, 0.2) is 10.9 Å². The maximum atomic E-state index is 4.24. The first-order valence-corrected chi connectivity index (χ1v) is 5.56. The van der Waals surface area contributed by atoms with Gasteiger partial charge in [-0.15, -0.1) is 11.3 Å². The van der Waals surface area contributed by atoms with Gasteiger partial charge in [-0.2, -0.15) is 0 Å². The summed E-state index contributed by atoms with van der Waals surface area (Å²) >= 11 is 1.65. The molecule has 1 unspecified atom stereocenters. The maximum Gasteiger partial charge on any atom is 0.0795 e. The summed E-state index contributed by atoms with van der Waals surface area (Å²) in [5.41, 5.74) is 3.30. The van der Waals surface area contributed by atoms with Gasteiger partial charge in [0.05, 0.1) is 11.2 Å². The fourth-order valence-corrected chi connectivity index (χ4v) is 2.15. The zero-order valence-electron chi connectivity index (χ0n) is 7.84. The minimum atomic E-state index is 0.267. The van der Waals surface area contributed by atoms with Gasteiger partial charge < -0.3 is 10.6 Å². The molecular formula is C9H15N3S. The smallest absolute Gasteiger partial charge is 0.0795 e. The third-order valence-electron chi connectivity index (χ3n) is 2.55. The first kappa shape index (κ1) is 9.12.